The van der Waals surface area contributed by atoms with Crippen molar-refractivity contribution in [1.29, 1.82) is 0 Å². The molecule has 0 heterocycles. The molecule has 8 nitrogen and oxygen atoms in total. The second-order valence-electron chi connectivity index (χ2n) is 8.80. The second-order valence-corrected chi connectivity index (χ2v) is 17.7. The summed E-state index contributed by atoms with van der Waals surface area (Å²) in [5, 5.41) is 0. The van der Waals surface area contributed by atoms with Crippen molar-refractivity contribution >= 4 is 20.2 Å². The third kappa shape index (κ3) is 18.4. The third-order valence-corrected chi connectivity index (χ3v) is 11.9. The van der Waals surface area contributed by atoms with Crippen LogP contribution in [0.1, 0.15) is 0 Å². The average molecular weight is 984 g/mol. The maximum Gasteiger partial charge on any atom is 0.433 e. The molecule has 0 saturated carbocycles. The van der Waals surface area contributed by atoms with Crippen molar-refractivity contribution in [2.75, 3.05) is 14.2 Å². The largest absolute Gasteiger partial charge is 0.745 e. The molecule has 0 N–H and O–H groups in total. The number of halogens is 10. The Bertz CT molecular complexity index is 1630. The van der Waals surface area contributed by atoms with Gasteiger partial charge in [0, 0.05) is 0 Å². The lowest BCUT2D eigenvalue weighted by molar-refractivity contribution is -0.597. The highest BCUT2D eigenvalue weighted by Crippen LogP contribution is 2.26. The molecule has 4 aromatic rings. The third-order valence-electron chi connectivity index (χ3n) is 5.02. The molecule has 0 aliphatic rings. The van der Waals surface area contributed by atoms with Gasteiger partial charge >= 0.3 is 54.8 Å². The minimum Gasteiger partial charge on any atom is -0.745 e. The standard InChI is InChI=1S/2C13H12IO.2C2H2F4O3S/c2*1-15-13-9-7-12(8-10-13)14-11-5-3-2-4-6-11;2*3-1(2(4,5)6)10(7,8)9/h2*2-10H,1H3;2*1H,(H,7,8,9)/q2*+1;;/p-2. The Hall–Kier alpha value is -2.80. The predicted molar refractivity (Wildman–Crippen MR) is 155 cm³/mol. The molecule has 4 aromatic carbocycles. The van der Waals surface area contributed by atoms with Crippen LogP contribution < -0.4 is 51.9 Å². The van der Waals surface area contributed by atoms with Gasteiger partial charge in [0.1, 0.15) is 31.7 Å². The van der Waals surface area contributed by atoms with E-state index in [9.17, 15) is 61.1 Å². The number of rotatable bonds is 8. The molecule has 0 fully saturated rings. The Balaban J connectivity index is 0.000000341. The summed E-state index contributed by atoms with van der Waals surface area (Å²) in [6, 6.07) is 38.0. The molecule has 0 radical (unpaired) electrons. The van der Waals surface area contributed by atoms with Gasteiger partial charge in [0.15, 0.2) is 14.3 Å². The minimum absolute atomic E-state index is 0.0449. The lowest BCUT2D eigenvalue weighted by Gasteiger charge is -2.14. The summed E-state index contributed by atoms with van der Waals surface area (Å²) in [5.41, 5.74) is -8.64. The molecular formula is C30H26F8I2O8S2. The Kier molecular flexibility index (Phi) is 18.9. The first-order valence-electron chi connectivity index (χ1n) is 13.1. The van der Waals surface area contributed by atoms with Gasteiger partial charge in [0.25, 0.3) is 11.0 Å². The molecule has 276 valence electrons. The highest BCUT2D eigenvalue weighted by molar-refractivity contribution is 7.86. The minimum atomic E-state index is -5.90. The van der Waals surface area contributed by atoms with E-state index in [0.29, 0.717) is 0 Å². The number of methoxy groups -OCH3 is 2. The van der Waals surface area contributed by atoms with Gasteiger partial charge in [-0.2, -0.15) is 26.3 Å². The van der Waals surface area contributed by atoms with E-state index in [2.05, 4.69) is 84.9 Å². The summed E-state index contributed by atoms with van der Waals surface area (Å²) in [5.74, 6) is 1.85. The molecule has 0 amide bonds. The van der Waals surface area contributed by atoms with Crippen molar-refractivity contribution in [1.82, 2.24) is 0 Å². The fraction of sp³-hybridized carbons (Fsp3) is 0.200. The summed E-state index contributed by atoms with van der Waals surface area (Å²) in [6.45, 7) is 0. The van der Waals surface area contributed by atoms with Gasteiger partial charge in [-0.05, 0) is 72.8 Å². The van der Waals surface area contributed by atoms with E-state index in [1.54, 1.807) is 14.2 Å². The van der Waals surface area contributed by atoms with Crippen LogP contribution in [0.15, 0.2) is 109 Å². The molecule has 50 heavy (non-hydrogen) atoms. The first-order valence-corrected chi connectivity index (χ1v) is 20.3. The van der Waals surface area contributed by atoms with Crippen LogP contribution >= 0.6 is 0 Å². The molecule has 2 atom stereocenters. The van der Waals surface area contributed by atoms with Crippen molar-refractivity contribution in [3.63, 3.8) is 0 Å². The number of hydrogen-bond donors (Lipinski definition) is 0. The van der Waals surface area contributed by atoms with Crippen LogP contribution in [0, 0.1) is 14.3 Å². The number of alkyl halides is 8. The van der Waals surface area contributed by atoms with Gasteiger partial charge in [-0.15, -0.1) is 0 Å². The van der Waals surface area contributed by atoms with Crippen LogP contribution in [0.4, 0.5) is 35.1 Å². The van der Waals surface area contributed by atoms with E-state index in [1.807, 2.05) is 24.3 Å². The van der Waals surface area contributed by atoms with E-state index >= 15 is 0 Å². The maximum atomic E-state index is 11.4. The summed E-state index contributed by atoms with van der Waals surface area (Å²) < 4.78 is 161. The van der Waals surface area contributed by atoms with Crippen LogP contribution in [-0.4, -0.2) is 63.5 Å². The topological polar surface area (TPSA) is 133 Å². The van der Waals surface area contributed by atoms with Gasteiger partial charge in [-0.25, -0.2) is 25.6 Å². The van der Waals surface area contributed by atoms with Crippen molar-refractivity contribution in [2.45, 2.75) is 23.4 Å². The molecule has 2 unspecified atom stereocenters. The van der Waals surface area contributed by atoms with Crippen LogP contribution in [0.2, 0.25) is 0 Å². The zero-order valence-electron chi connectivity index (χ0n) is 25.4. The van der Waals surface area contributed by atoms with Gasteiger partial charge in [0.2, 0.25) is 0 Å². The fourth-order valence-corrected chi connectivity index (χ4v) is 7.88. The highest BCUT2D eigenvalue weighted by Gasteiger charge is 2.45. The zero-order chi connectivity index (χ0) is 38.2. The molecular weight excluding hydrogens is 958 g/mol. The van der Waals surface area contributed by atoms with Crippen LogP contribution in [-0.2, 0) is 20.2 Å². The molecule has 0 aromatic heterocycles. The van der Waals surface area contributed by atoms with Crippen molar-refractivity contribution < 1.29 is 113 Å². The summed E-state index contributed by atoms with van der Waals surface area (Å²) in [6.07, 6.45) is -11.2. The Morgan fingerprint density at radius 2 is 0.740 bits per heavy atom. The first kappa shape index (κ1) is 45.2. The number of hydrogen-bond acceptors (Lipinski definition) is 8. The molecule has 0 aliphatic heterocycles. The molecule has 0 bridgehead atoms. The van der Waals surface area contributed by atoms with E-state index in [0.717, 1.165) is 11.5 Å². The maximum absolute atomic E-state index is 11.4. The van der Waals surface area contributed by atoms with Gasteiger partial charge in [-0.3, -0.25) is 0 Å². The van der Waals surface area contributed by atoms with Crippen molar-refractivity contribution in [3.8, 4) is 11.5 Å². The van der Waals surface area contributed by atoms with Gasteiger partial charge in [-0.1, -0.05) is 36.4 Å². The Morgan fingerprint density at radius 3 is 0.920 bits per heavy atom. The molecule has 20 heteroatoms. The predicted octanol–water partition coefficient (Wildman–Crippen LogP) is 0.426. The lowest BCUT2D eigenvalue weighted by atomic mass is 10.3. The molecule has 0 saturated heterocycles. The Morgan fingerprint density at radius 1 is 0.500 bits per heavy atom. The SMILES string of the molecule is COc1ccc([I+]c2ccccc2)cc1.COc1ccc([I+]c2ccccc2)cc1.O=S(=O)([O-])C(F)C(F)(F)F.O=S(=O)([O-])C(F)C(F)(F)F. The van der Waals surface area contributed by atoms with Crippen molar-refractivity contribution in [2.24, 2.45) is 0 Å². The van der Waals surface area contributed by atoms with E-state index in [4.69, 9.17) is 9.47 Å². The molecule has 0 spiro atoms. The van der Waals surface area contributed by atoms with Gasteiger partial charge in [0.05, 0.1) is 14.2 Å². The monoisotopic (exact) mass is 984 g/mol. The van der Waals surface area contributed by atoms with E-state index < -0.39 is 43.6 Å². The quantitative estimate of drug-likeness (QED) is 0.141. The van der Waals surface area contributed by atoms with Gasteiger partial charge < -0.3 is 18.6 Å². The number of benzene rings is 4. The van der Waals surface area contributed by atoms with Crippen molar-refractivity contribution in [3.05, 3.63) is 123 Å². The fourth-order valence-electron chi connectivity index (χ4n) is 2.80. The first-order chi connectivity index (χ1) is 23.1. The summed E-state index contributed by atoms with van der Waals surface area (Å²) >= 11 is -0.0899. The smallest absolute Gasteiger partial charge is 0.433 e. The number of ether oxygens (including phenoxy) is 2. The average Bonchev–Trinajstić information content (AvgIpc) is 3.05. The zero-order valence-corrected chi connectivity index (χ0v) is 31.4. The molecule has 4 rings (SSSR count). The summed E-state index contributed by atoms with van der Waals surface area (Å²) in [4.78, 5) is 0. The van der Waals surface area contributed by atoms with Crippen LogP contribution in [0.3, 0.4) is 0 Å². The highest BCUT2D eigenvalue weighted by atomic mass is 127. The second kappa shape index (κ2) is 20.9. The lowest BCUT2D eigenvalue weighted by Crippen LogP contribution is -3.61. The van der Waals surface area contributed by atoms with E-state index in [1.165, 1.54) is 14.3 Å². The summed E-state index contributed by atoms with van der Waals surface area (Å²) in [7, 11) is -8.41. The normalized spacial score (nSPS) is 12.7. The Labute approximate surface area is 303 Å². The molecule has 0 aliphatic carbocycles. The van der Waals surface area contributed by atoms with Crippen LogP contribution in [0.5, 0.6) is 11.5 Å². The van der Waals surface area contributed by atoms with Crippen LogP contribution in [0.25, 0.3) is 0 Å². The van der Waals surface area contributed by atoms with E-state index in [-0.39, 0.29) is 42.4 Å².